The van der Waals surface area contributed by atoms with Gasteiger partial charge < -0.3 is 20.8 Å². The van der Waals surface area contributed by atoms with Gasteiger partial charge in [-0.2, -0.15) is 10.4 Å². The van der Waals surface area contributed by atoms with Crippen LogP contribution in [0.1, 0.15) is 49.0 Å². The second kappa shape index (κ2) is 9.37. The van der Waals surface area contributed by atoms with Crippen molar-refractivity contribution in [3.8, 4) is 17.5 Å². The van der Waals surface area contributed by atoms with Gasteiger partial charge in [0.25, 0.3) is 5.91 Å². The van der Waals surface area contributed by atoms with E-state index < -0.39 is 23.8 Å². The largest absolute Gasteiger partial charge is 0.391 e. The average molecular weight is 467 g/mol. The number of hydrogen-bond acceptors (Lipinski definition) is 7. The van der Waals surface area contributed by atoms with Crippen molar-refractivity contribution in [1.29, 1.82) is 5.26 Å². The first-order chi connectivity index (χ1) is 16.2. The highest BCUT2D eigenvalue weighted by Crippen LogP contribution is 2.29. The Morgan fingerprint density at radius 1 is 1.35 bits per heavy atom. The maximum absolute atomic E-state index is 14.2. The van der Waals surface area contributed by atoms with Gasteiger partial charge in [-0.15, -0.1) is 0 Å². The molecule has 9 nitrogen and oxygen atoms in total. The van der Waals surface area contributed by atoms with Crippen molar-refractivity contribution in [3.63, 3.8) is 0 Å². The summed E-state index contributed by atoms with van der Waals surface area (Å²) in [6.45, 7) is 2.32. The number of hydrogen-bond donors (Lipinski definition) is 4. The minimum atomic E-state index is -1.65. The summed E-state index contributed by atoms with van der Waals surface area (Å²) in [7, 11) is 0. The molecule has 4 N–H and O–H groups in total. The van der Waals surface area contributed by atoms with Crippen molar-refractivity contribution in [3.05, 3.63) is 47.8 Å². The van der Waals surface area contributed by atoms with Gasteiger partial charge in [0, 0.05) is 6.20 Å². The Labute approximate surface area is 196 Å². The number of nitrogens with zero attached hydrogens (tertiary/aromatic N) is 4. The lowest BCUT2D eigenvalue weighted by atomic mass is 10.0. The van der Waals surface area contributed by atoms with E-state index in [9.17, 15) is 19.4 Å². The first-order valence-corrected chi connectivity index (χ1v) is 11.1. The van der Waals surface area contributed by atoms with E-state index in [0.29, 0.717) is 29.1 Å². The molecule has 4 rings (SSSR count). The topological polar surface area (TPSA) is 136 Å². The predicted octanol–water partition coefficient (Wildman–Crippen LogP) is 2.43. The fourth-order valence-corrected chi connectivity index (χ4v) is 3.99. The molecule has 1 saturated carbocycles. The first-order valence-electron chi connectivity index (χ1n) is 11.1. The molecular weight excluding hydrogens is 439 g/mol. The van der Waals surface area contributed by atoms with E-state index in [4.69, 9.17) is 5.26 Å². The third kappa shape index (κ3) is 4.85. The minimum Gasteiger partial charge on any atom is -0.391 e. The van der Waals surface area contributed by atoms with Crippen LogP contribution >= 0.6 is 0 Å². The molecule has 1 aliphatic carbocycles. The van der Waals surface area contributed by atoms with E-state index in [1.54, 1.807) is 16.6 Å². The Morgan fingerprint density at radius 3 is 2.82 bits per heavy atom. The van der Waals surface area contributed by atoms with Crippen molar-refractivity contribution in [2.45, 2.75) is 57.0 Å². The van der Waals surface area contributed by atoms with Gasteiger partial charge in [0.1, 0.15) is 12.2 Å². The number of fused-ring (bicyclic) bond motifs is 1. The number of amides is 1. The molecule has 1 fully saturated rings. The second-order valence-corrected chi connectivity index (χ2v) is 9.11. The van der Waals surface area contributed by atoms with Crippen LogP contribution < -0.4 is 10.6 Å². The van der Waals surface area contributed by atoms with Gasteiger partial charge >= 0.3 is 0 Å². The SMILES string of the molecule is CC(C)(O)[C@H](F)CNC(=O)c1cnc(-c2ccc3cc(C#N)cnn23)cc1N[C@H]1CCC[C@@H]1O. The molecule has 178 valence electrons. The molecule has 3 atom stereocenters. The highest BCUT2D eigenvalue weighted by molar-refractivity contribution is 6.00. The number of nitriles is 1. The van der Waals surface area contributed by atoms with Gasteiger partial charge in [0.2, 0.25) is 0 Å². The Hall–Kier alpha value is -3.55. The summed E-state index contributed by atoms with van der Waals surface area (Å²) in [5, 5.41) is 39.3. The molecule has 1 amide bonds. The van der Waals surface area contributed by atoms with E-state index in [1.165, 1.54) is 26.2 Å². The number of aliphatic hydroxyl groups is 2. The molecule has 3 aromatic heterocycles. The van der Waals surface area contributed by atoms with Crippen molar-refractivity contribution < 1.29 is 19.4 Å². The molecule has 0 unspecified atom stereocenters. The molecule has 0 spiro atoms. The number of carbonyl (C=O) groups excluding carboxylic acids is 1. The number of halogens is 1. The van der Waals surface area contributed by atoms with Gasteiger partial charge in [0.15, 0.2) is 0 Å². The smallest absolute Gasteiger partial charge is 0.255 e. The van der Waals surface area contributed by atoms with Gasteiger partial charge in [0.05, 0.1) is 64.2 Å². The summed E-state index contributed by atoms with van der Waals surface area (Å²) in [6, 6.07) is 8.87. The van der Waals surface area contributed by atoms with Gasteiger partial charge in [-0.25, -0.2) is 8.91 Å². The van der Waals surface area contributed by atoms with Crippen LogP contribution in [0.5, 0.6) is 0 Å². The molecule has 0 radical (unpaired) electrons. The summed E-state index contributed by atoms with van der Waals surface area (Å²) in [6.07, 6.45) is 2.95. The van der Waals surface area contributed by atoms with Crippen LogP contribution in [0.2, 0.25) is 0 Å². The third-order valence-electron chi connectivity index (χ3n) is 6.07. The number of aromatic nitrogens is 3. The number of aliphatic hydroxyl groups excluding tert-OH is 1. The minimum absolute atomic E-state index is 0.200. The average Bonchev–Trinajstić information content (AvgIpc) is 3.41. The van der Waals surface area contributed by atoms with Crippen molar-refractivity contribution in [2.75, 3.05) is 11.9 Å². The molecule has 3 aromatic rings. The molecule has 0 aliphatic heterocycles. The van der Waals surface area contributed by atoms with Crippen LogP contribution in [-0.4, -0.2) is 61.2 Å². The second-order valence-electron chi connectivity index (χ2n) is 9.11. The number of rotatable bonds is 7. The monoisotopic (exact) mass is 466 g/mol. The predicted molar refractivity (Wildman–Crippen MR) is 124 cm³/mol. The molecule has 34 heavy (non-hydrogen) atoms. The summed E-state index contributed by atoms with van der Waals surface area (Å²) in [5.74, 6) is -0.544. The number of carbonyl (C=O) groups is 1. The number of anilines is 1. The summed E-state index contributed by atoms with van der Waals surface area (Å²) >= 11 is 0. The van der Waals surface area contributed by atoms with Crippen LogP contribution in [-0.2, 0) is 0 Å². The lowest BCUT2D eigenvalue weighted by Gasteiger charge is -2.23. The Balaban J connectivity index is 1.67. The molecule has 0 bridgehead atoms. The van der Waals surface area contributed by atoms with Crippen molar-refractivity contribution in [2.24, 2.45) is 0 Å². The molecule has 3 heterocycles. The van der Waals surface area contributed by atoms with Crippen LogP contribution in [0.3, 0.4) is 0 Å². The van der Waals surface area contributed by atoms with Crippen LogP contribution in [0, 0.1) is 11.3 Å². The normalized spacial score (nSPS) is 19.1. The lowest BCUT2D eigenvalue weighted by molar-refractivity contribution is -0.00177. The quantitative estimate of drug-likeness (QED) is 0.420. The van der Waals surface area contributed by atoms with Crippen LogP contribution in [0.15, 0.2) is 36.7 Å². The Bertz CT molecular complexity index is 1250. The Kier molecular flexibility index (Phi) is 6.50. The lowest BCUT2D eigenvalue weighted by Crippen LogP contribution is -2.42. The van der Waals surface area contributed by atoms with Crippen LogP contribution in [0.4, 0.5) is 10.1 Å². The van der Waals surface area contributed by atoms with E-state index in [0.717, 1.165) is 18.4 Å². The summed E-state index contributed by atoms with van der Waals surface area (Å²) in [5.41, 5.74) is 1.42. The molecule has 10 heteroatoms. The summed E-state index contributed by atoms with van der Waals surface area (Å²) < 4.78 is 15.8. The number of pyridine rings is 1. The van der Waals surface area contributed by atoms with E-state index in [-0.39, 0.29) is 18.2 Å². The maximum Gasteiger partial charge on any atom is 0.255 e. The van der Waals surface area contributed by atoms with Crippen molar-refractivity contribution in [1.82, 2.24) is 19.9 Å². The maximum atomic E-state index is 14.2. The third-order valence-corrected chi connectivity index (χ3v) is 6.07. The molecular formula is C24H27FN6O3. The zero-order valence-electron chi connectivity index (χ0n) is 19.0. The highest BCUT2D eigenvalue weighted by Gasteiger charge is 2.29. The fraction of sp³-hybridized carbons (Fsp3) is 0.417. The number of alkyl halides is 1. The van der Waals surface area contributed by atoms with E-state index in [2.05, 4.69) is 26.8 Å². The number of nitrogens with one attached hydrogen (secondary N) is 2. The fourth-order valence-electron chi connectivity index (χ4n) is 3.99. The van der Waals surface area contributed by atoms with Gasteiger partial charge in [-0.1, -0.05) is 0 Å². The van der Waals surface area contributed by atoms with Gasteiger partial charge in [-0.3, -0.25) is 9.78 Å². The van der Waals surface area contributed by atoms with Gasteiger partial charge in [-0.05, 0) is 57.4 Å². The first kappa shape index (κ1) is 23.6. The van der Waals surface area contributed by atoms with Crippen molar-refractivity contribution >= 4 is 17.1 Å². The molecule has 0 aromatic carbocycles. The molecule has 0 saturated heterocycles. The molecule has 1 aliphatic rings. The van der Waals surface area contributed by atoms with E-state index >= 15 is 0 Å². The van der Waals surface area contributed by atoms with Crippen LogP contribution in [0.25, 0.3) is 16.9 Å². The standard InChI is InChI=1S/C24H27FN6O3/c1-24(2,34)22(25)13-28-23(33)16-12-27-19(9-18(16)30-17-4-3-5-21(17)32)20-7-6-15-8-14(10-26)11-29-31(15)20/h6-9,11-12,17,21-22,32,34H,3-5,13H2,1-2H3,(H,27,30)(H,28,33)/t17-,21-,22+/m0/s1. The highest BCUT2D eigenvalue weighted by atomic mass is 19.1. The van der Waals surface area contributed by atoms with E-state index in [1.807, 2.05) is 12.1 Å². The Morgan fingerprint density at radius 2 is 2.15 bits per heavy atom. The zero-order valence-corrected chi connectivity index (χ0v) is 19.0. The summed E-state index contributed by atoms with van der Waals surface area (Å²) in [4.78, 5) is 17.3. The zero-order chi connectivity index (χ0) is 24.5.